The van der Waals surface area contributed by atoms with Gasteiger partial charge < -0.3 is 20.8 Å². The van der Waals surface area contributed by atoms with Crippen LogP contribution in [-0.4, -0.2) is 42.8 Å². The van der Waals surface area contributed by atoms with Crippen molar-refractivity contribution in [2.75, 3.05) is 24.8 Å². The zero-order chi connectivity index (χ0) is 22.4. The molecule has 0 spiro atoms. The molecule has 3 rings (SSSR count). The average molecular weight is 422 g/mol. The van der Waals surface area contributed by atoms with E-state index in [0.717, 1.165) is 12.8 Å². The van der Waals surface area contributed by atoms with Crippen molar-refractivity contribution in [3.63, 3.8) is 0 Å². The van der Waals surface area contributed by atoms with E-state index in [2.05, 4.69) is 26.1 Å². The lowest BCUT2D eigenvalue weighted by Crippen LogP contribution is -2.15. The number of ether oxygens (including phenoxy) is 1. The minimum Gasteiger partial charge on any atom is -0.494 e. The number of rotatable bonds is 10. The van der Waals surface area contributed by atoms with Crippen molar-refractivity contribution in [2.45, 2.75) is 26.2 Å². The van der Waals surface area contributed by atoms with E-state index in [1.165, 1.54) is 19.5 Å². The van der Waals surface area contributed by atoms with Gasteiger partial charge in [0, 0.05) is 37.2 Å². The molecule has 1 fully saturated rings. The molecule has 1 aromatic carbocycles. The van der Waals surface area contributed by atoms with Crippen molar-refractivity contribution in [1.82, 2.24) is 10.4 Å². The lowest BCUT2D eigenvalue weighted by atomic mass is 10.1. The predicted octanol–water partition coefficient (Wildman–Crippen LogP) is 3.35. The Morgan fingerprint density at radius 2 is 2.06 bits per heavy atom. The van der Waals surface area contributed by atoms with Gasteiger partial charge in [0.25, 0.3) is 0 Å². The molecule has 0 radical (unpaired) electrons. The second-order valence-corrected chi connectivity index (χ2v) is 7.06. The molecule has 2 aromatic rings. The summed E-state index contributed by atoms with van der Waals surface area (Å²) in [6.07, 6.45) is 4.93. The van der Waals surface area contributed by atoms with E-state index in [0.29, 0.717) is 40.5 Å². The van der Waals surface area contributed by atoms with E-state index in [9.17, 15) is 9.59 Å². The first-order valence-electron chi connectivity index (χ1n) is 10.0. The van der Waals surface area contributed by atoms with Gasteiger partial charge in [-0.05, 0) is 25.0 Å². The van der Waals surface area contributed by atoms with Crippen LogP contribution in [0.2, 0.25) is 0 Å². The maximum Gasteiger partial charge on any atom is 0.228 e. The van der Waals surface area contributed by atoms with Crippen LogP contribution in [0.15, 0.2) is 35.6 Å². The number of nitrogens with zero attached hydrogens (tertiary/aromatic N) is 2. The molecule has 31 heavy (non-hydrogen) atoms. The molecule has 0 bridgehead atoms. The molecule has 9 nitrogen and oxygen atoms in total. The van der Waals surface area contributed by atoms with Gasteiger partial charge >= 0.3 is 0 Å². The first kappa shape index (κ1) is 21.9. The largest absolute Gasteiger partial charge is 0.494 e. The standard InChI is InChI=1S/C22H26N6O3/c1-4-19(29)15-11-25-20(28-22(30)13-8-9-13)10-18(15)27-17-7-5-6-14(21(17)31-3)16(23)12-26-24-2/h5-7,10-13,23-24H,4,8-9H2,1-3H3,(H2,25,27,28,30)/b23-16?,26-12-. The highest BCUT2D eigenvalue weighted by molar-refractivity contribution is 6.37. The Morgan fingerprint density at radius 3 is 2.71 bits per heavy atom. The van der Waals surface area contributed by atoms with Gasteiger partial charge in [0.15, 0.2) is 11.5 Å². The van der Waals surface area contributed by atoms with E-state index < -0.39 is 0 Å². The van der Waals surface area contributed by atoms with Crippen LogP contribution in [0.5, 0.6) is 5.75 Å². The molecule has 1 aliphatic carbocycles. The molecule has 9 heteroatoms. The number of Topliss-reactive ketones (excluding diaryl/α,β-unsaturated/α-hetero) is 1. The van der Waals surface area contributed by atoms with Crippen LogP contribution in [0.25, 0.3) is 0 Å². The summed E-state index contributed by atoms with van der Waals surface area (Å²) < 4.78 is 5.56. The summed E-state index contributed by atoms with van der Waals surface area (Å²) in [6, 6.07) is 6.96. The molecule has 1 aromatic heterocycles. The topological polar surface area (TPSA) is 129 Å². The van der Waals surface area contributed by atoms with Gasteiger partial charge in [0.2, 0.25) is 5.91 Å². The van der Waals surface area contributed by atoms with Crippen molar-refractivity contribution in [3.05, 3.63) is 41.6 Å². The van der Waals surface area contributed by atoms with Crippen molar-refractivity contribution < 1.29 is 14.3 Å². The molecule has 4 N–H and O–H groups in total. The Labute approximate surface area is 180 Å². The second-order valence-electron chi connectivity index (χ2n) is 7.06. The van der Waals surface area contributed by atoms with Crippen LogP contribution in [-0.2, 0) is 4.79 Å². The summed E-state index contributed by atoms with van der Waals surface area (Å²) >= 11 is 0. The zero-order valence-corrected chi connectivity index (χ0v) is 17.8. The quantitative estimate of drug-likeness (QED) is 0.264. The number of methoxy groups -OCH3 is 1. The first-order valence-corrected chi connectivity index (χ1v) is 10.0. The Hall–Kier alpha value is -3.75. The van der Waals surface area contributed by atoms with E-state index >= 15 is 0 Å². The van der Waals surface area contributed by atoms with Crippen LogP contribution in [0.1, 0.15) is 42.1 Å². The Morgan fingerprint density at radius 1 is 1.29 bits per heavy atom. The third kappa shape index (κ3) is 5.25. The summed E-state index contributed by atoms with van der Waals surface area (Å²) in [7, 11) is 3.16. The molecular weight excluding hydrogens is 396 g/mol. The number of hydrogen-bond donors (Lipinski definition) is 4. The Bertz CT molecular complexity index is 1030. The van der Waals surface area contributed by atoms with Gasteiger partial charge in [-0.15, -0.1) is 0 Å². The fourth-order valence-electron chi connectivity index (χ4n) is 3.02. The van der Waals surface area contributed by atoms with Crippen LogP contribution in [0.3, 0.4) is 0 Å². The van der Waals surface area contributed by atoms with Crippen LogP contribution >= 0.6 is 0 Å². The predicted molar refractivity (Wildman–Crippen MR) is 121 cm³/mol. The molecule has 0 aliphatic heterocycles. The number of pyridine rings is 1. The molecule has 1 heterocycles. The first-order chi connectivity index (χ1) is 15.0. The number of carbonyl (C=O) groups is 2. The van der Waals surface area contributed by atoms with Gasteiger partial charge in [-0.3, -0.25) is 15.0 Å². The number of hydrazone groups is 1. The number of hydrogen-bond acceptors (Lipinski definition) is 8. The summed E-state index contributed by atoms with van der Waals surface area (Å²) in [6.45, 7) is 1.78. The van der Waals surface area contributed by atoms with Crippen LogP contribution < -0.4 is 20.8 Å². The monoisotopic (exact) mass is 422 g/mol. The number of carbonyl (C=O) groups excluding carboxylic acids is 2. The van der Waals surface area contributed by atoms with Crippen LogP contribution in [0.4, 0.5) is 17.2 Å². The van der Waals surface area contributed by atoms with Crippen molar-refractivity contribution in [2.24, 2.45) is 11.0 Å². The molecule has 0 atom stereocenters. The molecule has 0 saturated heterocycles. The SMILES string of the molecule is CCC(=O)c1cnc(NC(=O)C2CC2)cc1Nc1cccc(C(=N)/C=N\NC)c1OC. The van der Waals surface area contributed by atoms with E-state index in [1.54, 1.807) is 38.2 Å². The summed E-state index contributed by atoms with van der Waals surface area (Å²) in [4.78, 5) is 28.8. The highest BCUT2D eigenvalue weighted by Gasteiger charge is 2.30. The molecule has 1 aliphatic rings. The van der Waals surface area contributed by atoms with Gasteiger partial charge in [-0.1, -0.05) is 13.0 Å². The normalized spacial score (nSPS) is 13.0. The lowest BCUT2D eigenvalue weighted by Gasteiger charge is -2.17. The fraction of sp³-hybridized carbons (Fsp3) is 0.318. The number of benzene rings is 1. The molecular formula is C22H26N6O3. The summed E-state index contributed by atoms with van der Waals surface area (Å²) in [5.74, 6) is 0.697. The highest BCUT2D eigenvalue weighted by Crippen LogP contribution is 2.34. The summed E-state index contributed by atoms with van der Waals surface area (Å²) in [5, 5.41) is 18.1. The van der Waals surface area contributed by atoms with E-state index in [-0.39, 0.29) is 23.3 Å². The molecule has 1 saturated carbocycles. The number of ketones is 1. The fourth-order valence-corrected chi connectivity index (χ4v) is 3.02. The van der Waals surface area contributed by atoms with Gasteiger partial charge in [0.1, 0.15) is 5.82 Å². The van der Waals surface area contributed by atoms with E-state index in [1.807, 2.05) is 0 Å². The Balaban J connectivity index is 1.97. The zero-order valence-electron chi connectivity index (χ0n) is 17.8. The maximum absolute atomic E-state index is 12.5. The average Bonchev–Trinajstić information content (AvgIpc) is 3.62. The van der Waals surface area contributed by atoms with Gasteiger partial charge in [-0.2, -0.15) is 5.10 Å². The van der Waals surface area contributed by atoms with Crippen molar-refractivity contribution in [1.29, 1.82) is 5.41 Å². The smallest absolute Gasteiger partial charge is 0.228 e. The molecule has 162 valence electrons. The lowest BCUT2D eigenvalue weighted by molar-refractivity contribution is -0.117. The number of anilines is 3. The number of amides is 1. The van der Waals surface area contributed by atoms with Crippen molar-refractivity contribution in [3.8, 4) is 5.75 Å². The minimum atomic E-state index is -0.0842. The van der Waals surface area contributed by atoms with Gasteiger partial charge in [0.05, 0.1) is 36.0 Å². The third-order valence-electron chi connectivity index (χ3n) is 4.83. The second kappa shape index (κ2) is 9.84. The maximum atomic E-state index is 12.5. The Kier molecular flexibility index (Phi) is 6.96. The van der Waals surface area contributed by atoms with Crippen LogP contribution in [0, 0.1) is 11.3 Å². The number of nitrogens with one attached hydrogen (secondary N) is 4. The minimum absolute atomic E-state index is 0.0391. The third-order valence-corrected chi connectivity index (χ3v) is 4.83. The summed E-state index contributed by atoms with van der Waals surface area (Å²) in [5.41, 5.74) is 4.78. The highest BCUT2D eigenvalue weighted by atomic mass is 16.5. The number of aromatic nitrogens is 1. The van der Waals surface area contributed by atoms with Crippen molar-refractivity contribution >= 4 is 40.8 Å². The molecule has 1 amide bonds. The molecule has 0 unspecified atom stereocenters. The van der Waals surface area contributed by atoms with E-state index in [4.69, 9.17) is 10.1 Å². The number of para-hydroxylation sites is 1. The van der Waals surface area contributed by atoms with Gasteiger partial charge in [-0.25, -0.2) is 4.98 Å².